The second-order valence-corrected chi connectivity index (χ2v) is 10.5. The Labute approximate surface area is 214 Å². The lowest BCUT2D eigenvalue weighted by Gasteiger charge is -2.38. The molecule has 1 aliphatic rings. The first-order valence-electron chi connectivity index (χ1n) is 12.6. The number of benzene rings is 1. The Bertz CT molecular complexity index is 835. The minimum absolute atomic E-state index is 0.0756. The number of carbonyl (C=O) groups excluding carboxylic acids is 3. The van der Waals surface area contributed by atoms with Gasteiger partial charge in [0.2, 0.25) is 5.91 Å². The van der Waals surface area contributed by atoms with Gasteiger partial charge < -0.3 is 30.1 Å². The van der Waals surface area contributed by atoms with Crippen molar-refractivity contribution in [3.8, 4) is 0 Å². The number of carbonyl (C=O) groups is 3. The van der Waals surface area contributed by atoms with E-state index in [2.05, 4.69) is 29.4 Å². The monoisotopic (exact) mass is 506 g/mol. The highest BCUT2D eigenvalue weighted by Crippen LogP contribution is 2.12. The number of ether oxygens (including phenoxy) is 2. The lowest BCUT2D eigenvalue weighted by atomic mass is 10.0. The summed E-state index contributed by atoms with van der Waals surface area (Å²) in [6.45, 7) is 12.1. The standard InChI is InChI=1S/C26H42N4O6/c1-19(2)15-21(27-25(34)36-26(3,4)5)16-29-11-13-30(14-12-29)23(32)22(17-31)28-24(33)35-18-20-9-7-6-8-10-20/h6-10,19,21-22,31H,11-18H2,1-5H3,(H,27,34)(H,28,33)/t21-,22?/m0/s1. The van der Waals surface area contributed by atoms with Crippen LogP contribution in [0.1, 0.15) is 46.6 Å². The molecule has 0 spiro atoms. The smallest absolute Gasteiger partial charge is 0.408 e. The summed E-state index contributed by atoms with van der Waals surface area (Å²) in [5, 5.41) is 15.1. The van der Waals surface area contributed by atoms with E-state index < -0.39 is 30.4 Å². The first-order chi connectivity index (χ1) is 17.0. The molecule has 0 bridgehead atoms. The fraction of sp³-hybridized carbons (Fsp3) is 0.654. The number of hydrogen-bond donors (Lipinski definition) is 3. The van der Waals surface area contributed by atoms with Crippen molar-refractivity contribution in [1.29, 1.82) is 0 Å². The second-order valence-electron chi connectivity index (χ2n) is 10.5. The van der Waals surface area contributed by atoms with Crippen LogP contribution in [0.25, 0.3) is 0 Å². The van der Waals surface area contributed by atoms with Crippen LogP contribution >= 0.6 is 0 Å². The van der Waals surface area contributed by atoms with Gasteiger partial charge in [-0.1, -0.05) is 44.2 Å². The van der Waals surface area contributed by atoms with Crippen LogP contribution in [0.2, 0.25) is 0 Å². The summed E-state index contributed by atoms with van der Waals surface area (Å²) >= 11 is 0. The predicted octanol–water partition coefficient (Wildman–Crippen LogP) is 2.36. The zero-order valence-electron chi connectivity index (χ0n) is 22.2. The normalized spacial score (nSPS) is 16.2. The third-order valence-electron chi connectivity index (χ3n) is 5.62. The molecule has 1 aromatic carbocycles. The first kappa shape index (κ1) is 29.4. The van der Waals surface area contributed by atoms with Crippen molar-refractivity contribution in [3.05, 3.63) is 35.9 Å². The van der Waals surface area contributed by atoms with Gasteiger partial charge in [0.1, 0.15) is 18.2 Å². The second kappa shape index (κ2) is 14.0. The van der Waals surface area contributed by atoms with E-state index in [1.54, 1.807) is 4.90 Å². The van der Waals surface area contributed by atoms with Crippen molar-refractivity contribution in [2.75, 3.05) is 39.3 Å². The van der Waals surface area contributed by atoms with E-state index in [4.69, 9.17) is 9.47 Å². The van der Waals surface area contributed by atoms with E-state index in [1.165, 1.54) is 0 Å². The molecule has 2 rings (SSSR count). The van der Waals surface area contributed by atoms with Gasteiger partial charge in [-0.2, -0.15) is 0 Å². The van der Waals surface area contributed by atoms with Crippen molar-refractivity contribution in [3.63, 3.8) is 0 Å². The Morgan fingerprint density at radius 3 is 2.19 bits per heavy atom. The van der Waals surface area contributed by atoms with Gasteiger partial charge in [0, 0.05) is 38.8 Å². The van der Waals surface area contributed by atoms with Gasteiger partial charge in [-0.25, -0.2) is 9.59 Å². The van der Waals surface area contributed by atoms with Gasteiger partial charge in [0.15, 0.2) is 0 Å². The molecule has 1 aliphatic heterocycles. The molecule has 10 nitrogen and oxygen atoms in total. The average molecular weight is 507 g/mol. The lowest BCUT2D eigenvalue weighted by Crippen LogP contribution is -2.57. The molecule has 202 valence electrons. The summed E-state index contributed by atoms with van der Waals surface area (Å²) in [4.78, 5) is 41.2. The van der Waals surface area contributed by atoms with Gasteiger partial charge in [0.05, 0.1) is 6.61 Å². The number of rotatable bonds is 10. The molecule has 1 unspecified atom stereocenters. The maximum atomic E-state index is 12.9. The summed E-state index contributed by atoms with van der Waals surface area (Å²) in [6.07, 6.45) is -0.382. The SMILES string of the molecule is CC(C)C[C@@H](CN1CCN(C(=O)C(CO)NC(=O)OCc2ccccc2)CC1)NC(=O)OC(C)(C)C. The molecule has 10 heteroatoms. The third-order valence-corrected chi connectivity index (χ3v) is 5.62. The number of nitrogens with one attached hydrogen (secondary N) is 2. The zero-order chi connectivity index (χ0) is 26.7. The van der Waals surface area contributed by atoms with Crippen LogP contribution in [0, 0.1) is 5.92 Å². The number of amides is 3. The van der Waals surface area contributed by atoms with Crippen LogP contribution in [0.4, 0.5) is 9.59 Å². The van der Waals surface area contributed by atoms with Gasteiger partial charge in [0.25, 0.3) is 0 Å². The van der Waals surface area contributed by atoms with Gasteiger partial charge in [-0.05, 0) is 38.7 Å². The Balaban J connectivity index is 1.82. The molecule has 3 amide bonds. The number of piperazine rings is 1. The summed E-state index contributed by atoms with van der Waals surface area (Å²) in [7, 11) is 0. The van der Waals surface area contributed by atoms with Crippen LogP contribution in [0.3, 0.4) is 0 Å². The number of aliphatic hydroxyl groups excluding tert-OH is 1. The van der Waals surface area contributed by atoms with E-state index in [0.717, 1.165) is 12.0 Å². The highest BCUT2D eigenvalue weighted by Gasteiger charge is 2.30. The third kappa shape index (κ3) is 10.8. The van der Waals surface area contributed by atoms with Crippen molar-refractivity contribution in [2.24, 2.45) is 5.92 Å². The number of alkyl carbamates (subject to hydrolysis) is 2. The maximum Gasteiger partial charge on any atom is 0.408 e. The summed E-state index contributed by atoms with van der Waals surface area (Å²) in [5.41, 5.74) is 0.261. The van der Waals surface area contributed by atoms with E-state index in [0.29, 0.717) is 38.6 Å². The van der Waals surface area contributed by atoms with E-state index in [9.17, 15) is 19.5 Å². The molecule has 1 aromatic rings. The summed E-state index contributed by atoms with van der Waals surface area (Å²) in [5.74, 6) is 0.0465. The topological polar surface area (TPSA) is 120 Å². The molecule has 1 fully saturated rings. The van der Waals surface area contributed by atoms with Crippen LogP contribution in [0.5, 0.6) is 0 Å². The highest BCUT2D eigenvalue weighted by atomic mass is 16.6. The molecule has 3 N–H and O–H groups in total. The summed E-state index contributed by atoms with van der Waals surface area (Å²) < 4.78 is 10.6. The Morgan fingerprint density at radius 1 is 1.00 bits per heavy atom. The van der Waals surface area contributed by atoms with Crippen LogP contribution in [-0.4, -0.2) is 90.0 Å². The molecule has 36 heavy (non-hydrogen) atoms. The highest BCUT2D eigenvalue weighted by molar-refractivity contribution is 5.86. The molecule has 2 atom stereocenters. The minimum Gasteiger partial charge on any atom is -0.445 e. The van der Waals surface area contributed by atoms with E-state index >= 15 is 0 Å². The Morgan fingerprint density at radius 2 is 1.64 bits per heavy atom. The largest absolute Gasteiger partial charge is 0.445 e. The van der Waals surface area contributed by atoms with Gasteiger partial charge in [-0.3, -0.25) is 9.69 Å². The molecule has 1 heterocycles. The zero-order valence-corrected chi connectivity index (χ0v) is 22.2. The molecular formula is C26H42N4O6. The van der Waals surface area contributed by atoms with Crippen molar-refractivity contribution in [1.82, 2.24) is 20.4 Å². The quantitative estimate of drug-likeness (QED) is 0.446. The molecule has 0 radical (unpaired) electrons. The first-order valence-corrected chi connectivity index (χ1v) is 12.6. The molecular weight excluding hydrogens is 464 g/mol. The number of nitrogens with zero attached hydrogens (tertiary/aromatic N) is 2. The maximum absolute atomic E-state index is 12.9. The van der Waals surface area contributed by atoms with E-state index in [-0.39, 0.29) is 18.6 Å². The minimum atomic E-state index is -1.07. The molecule has 0 saturated carbocycles. The van der Waals surface area contributed by atoms with Crippen molar-refractivity contribution >= 4 is 18.1 Å². The molecule has 1 saturated heterocycles. The van der Waals surface area contributed by atoms with Crippen LogP contribution < -0.4 is 10.6 Å². The Hall–Kier alpha value is -2.85. The van der Waals surface area contributed by atoms with Crippen LogP contribution in [0.15, 0.2) is 30.3 Å². The van der Waals surface area contributed by atoms with Crippen LogP contribution in [-0.2, 0) is 20.9 Å². The fourth-order valence-electron chi connectivity index (χ4n) is 4.00. The molecule has 0 aromatic heterocycles. The van der Waals surface area contributed by atoms with Crippen molar-refractivity contribution in [2.45, 2.75) is 65.3 Å². The fourth-order valence-corrected chi connectivity index (χ4v) is 4.00. The van der Waals surface area contributed by atoms with Gasteiger partial charge >= 0.3 is 12.2 Å². The van der Waals surface area contributed by atoms with E-state index in [1.807, 2.05) is 51.1 Å². The Kier molecular flexibility index (Phi) is 11.5. The number of hydrogen-bond acceptors (Lipinski definition) is 7. The number of aliphatic hydroxyl groups is 1. The predicted molar refractivity (Wildman–Crippen MR) is 136 cm³/mol. The van der Waals surface area contributed by atoms with Crippen molar-refractivity contribution < 1.29 is 29.0 Å². The average Bonchev–Trinajstić information content (AvgIpc) is 2.80. The summed E-state index contributed by atoms with van der Waals surface area (Å²) in [6, 6.07) is 8.07. The lowest BCUT2D eigenvalue weighted by molar-refractivity contribution is -0.136. The molecule has 0 aliphatic carbocycles. The van der Waals surface area contributed by atoms with Gasteiger partial charge in [-0.15, -0.1) is 0 Å².